The van der Waals surface area contributed by atoms with Crippen LogP contribution >= 0.6 is 0 Å². The molecule has 0 aromatic heterocycles. The Bertz CT molecular complexity index is 456. The minimum atomic E-state index is -4.15. The Kier molecular flexibility index (Phi) is 5.72. The lowest BCUT2D eigenvalue weighted by Gasteiger charge is -2.32. The third-order valence-electron chi connectivity index (χ3n) is 3.00. The first-order valence-corrected chi connectivity index (χ1v) is 7.55. The van der Waals surface area contributed by atoms with Crippen LogP contribution in [-0.2, 0) is 24.5 Å². The highest BCUT2D eigenvalue weighted by molar-refractivity contribution is 7.88. The van der Waals surface area contributed by atoms with E-state index in [-0.39, 0.29) is 39.2 Å². The number of aliphatic carboxylic acids is 1. The SMILES string of the molecule is CCOC(=O)NS(=O)(=O)NCC1(C(=O)O)CCOCC1. The van der Waals surface area contributed by atoms with Crippen molar-refractivity contribution in [2.45, 2.75) is 19.8 Å². The molecule has 0 unspecified atom stereocenters. The molecule has 1 saturated heterocycles. The molecule has 10 heteroatoms. The van der Waals surface area contributed by atoms with E-state index in [0.29, 0.717) is 0 Å². The number of ether oxygens (including phenoxy) is 2. The van der Waals surface area contributed by atoms with Crippen molar-refractivity contribution >= 4 is 22.3 Å². The van der Waals surface area contributed by atoms with Gasteiger partial charge in [0.1, 0.15) is 0 Å². The zero-order valence-electron chi connectivity index (χ0n) is 11.0. The monoisotopic (exact) mass is 310 g/mol. The zero-order valence-corrected chi connectivity index (χ0v) is 11.9. The van der Waals surface area contributed by atoms with Crippen molar-refractivity contribution in [1.82, 2.24) is 9.44 Å². The van der Waals surface area contributed by atoms with Gasteiger partial charge in [0.15, 0.2) is 0 Å². The van der Waals surface area contributed by atoms with Gasteiger partial charge in [-0.25, -0.2) is 9.52 Å². The Morgan fingerprint density at radius 2 is 1.95 bits per heavy atom. The van der Waals surface area contributed by atoms with Gasteiger partial charge in [-0.2, -0.15) is 13.1 Å². The molecular weight excluding hydrogens is 292 g/mol. The van der Waals surface area contributed by atoms with Crippen molar-refractivity contribution in [1.29, 1.82) is 0 Å². The van der Waals surface area contributed by atoms with Crippen LogP contribution in [0.1, 0.15) is 19.8 Å². The second-order valence-electron chi connectivity index (χ2n) is 4.34. The lowest BCUT2D eigenvalue weighted by molar-refractivity contribution is -0.154. The minimum Gasteiger partial charge on any atom is -0.481 e. The molecule has 0 aliphatic carbocycles. The maximum atomic E-state index is 11.6. The van der Waals surface area contributed by atoms with Crippen molar-refractivity contribution in [3.05, 3.63) is 0 Å². The summed E-state index contributed by atoms with van der Waals surface area (Å²) >= 11 is 0. The Labute approximate surface area is 116 Å². The quantitative estimate of drug-likeness (QED) is 0.599. The molecule has 116 valence electrons. The predicted molar refractivity (Wildman–Crippen MR) is 67.2 cm³/mol. The molecule has 0 bridgehead atoms. The van der Waals surface area contributed by atoms with Crippen molar-refractivity contribution < 1.29 is 32.6 Å². The van der Waals surface area contributed by atoms with E-state index in [2.05, 4.69) is 9.46 Å². The van der Waals surface area contributed by atoms with Gasteiger partial charge in [0.25, 0.3) is 0 Å². The summed E-state index contributed by atoms with van der Waals surface area (Å²) in [7, 11) is -4.15. The number of carbonyl (C=O) groups excluding carboxylic acids is 1. The molecule has 0 spiro atoms. The lowest BCUT2D eigenvalue weighted by Crippen LogP contribution is -2.50. The van der Waals surface area contributed by atoms with Crippen LogP contribution in [0.4, 0.5) is 4.79 Å². The standard InChI is InChI=1S/C10H18N2O7S/c1-2-19-9(15)12-20(16,17)11-7-10(8(13)14)3-5-18-6-4-10/h11H,2-7H2,1H3,(H,12,15)(H,13,14). The van der Waals surface area contributed by atoms with Gasteiger partial charge in [-0.3, -0.25) is 4.79 Å². The number of carboxylic acids is 1. The topological polar surface area (TPSA) is 131 Å². The summed E-state index contributed by atoms with van der Waals surface area (Å²) in [5.41, 5.74) is -1.22. The van der Waals surface area contributed by atoms with E-state index in [0.717, 1.165) is 0 Å². The van der Waals surface area contributed by atoms with E-state index in [9.17, 15) is 23.1 Å². The Balaban J connectivity index is 2.63. The Morgan fingerprint density at radius 3 is 2.45 bits per heavy atom. The highest BCUT2D eigenvalue weighted by Gasteiger charge is 2.41. The van der Waals surface area contributed by atoms with E-state index >= 15 is 0 Å². The van der Waals surface area contributed by atoms with E-state index < -0.39 is 27.7 Å². The molecule has 9 nitrogen and oxygen atoms in total. The van der Waals surface area contributed by atoms with Gasteiger partial charge >= 0.3 is 22.3 Å². The van der Waals surface area contributed by atoms with Crippen LogP contribution in [0, 0.1) is 5.41 Å². The third kappa shape index (κ3) is 4.62. The van der Waals surface area contributed by atoms with Crippen LogP contribution in [0.3, 0.4) is 0 Å². The van der Waals surface area contributed by atoms with Gasteiger partial charge in [-0.1, -0.05) is 0 Å². The molecule has 3 N–H and O–H groups in total. The van der Waals surface area contributed by atoms with Crippen LogP contribution in [0.5, 0.6) is 0 Å². The molecule has 0 aromatic carbocycles. The third-order valence-corrected chi connectivity index (χ3v) is 3.96. The van der Waals surface area contributed by atoms with Crippen molar-refractivity contribution in [2.24, 2.45) is 5.41 Å². The van der Waals surface area contributed by atoms with Gasteiger partial charge in [-0.05, 0) is 19.8 Å². The summed E-state index contributed by atoms with van der Waals surface area (Å²) < 4.78 is 36.4. The molecule has 1 heterocycles. The molecule has 1 rings (SSSR count). The van der Waals surface area contributed by atoms with E-state index in [1.165, 1.54) is 6.92 Å². The summed E-state index contributed by atoms with van der Waals surface area (Å²) in [6.07, 6.45) is -0.717. The smallest absolute Gasteiger partial charge is 0.421 e. The highest BCUT2D eigenvalue weighted by Crippen LogP contribution is 2.30. The summed E-state index contributed by atoms with van der Waals surface area (Å²) in [5.74, 6) is -1.10. The fourth-order valence-electron chi connectivity index (χ4n) is 1.77. The maximum Gasteiger partial charge on any atom is 0.421 e. The first kappa shape index (κ1) is 16.7. The molecular formula is C10H18N2O7S. The molecule has 0 radical (unpaired) electrons. The fraction of sp³-hybridized carbons (Fsp3) is 0.800. The maximum absolute atomic E-state index is 11.6. The fourth-order valence-corrected chi connectivity index (χ4v) is 2.58. The molecule has 1 fully saturated rings. The summed E-state index contributed by atoms with van der Waals surface area (Å²) in [5, 5.41) is 9.25. The predicted octanol–water partition coefficient (Wildman–Crippen LogP) is -0.552. The highest BCUT2D eigenvalue weighted by atomic mass is 32.2. The van der Waals surface area contributed by atoms with Crippen molar-refractivity contribution in [2.75, 3.05) is 26.4 Å². The lowest BCUT2D eigenvalue weighted by atomic mass is 9.80. The normalized spacial score (nSPS) is 18.2. The largest absolute Gasteiger partial charge is 0.481 e. The molecule has 1 amide bonds. The van der Waals surface area contributed by atoms with Crippen LogP contribution in [0.15, 0.2) is 0 Å². The number of rotatable bonds is 6. The van der Waals surface area contributed by atoms with Gasteiger partial charge in [0.05, 0.1) is 12.0 Å². The minimum absolute atomic E-state index is 0.0256. The average Bonchev–Trinajstić information content (AvgIpc) is 2.37. The van der Waals surface area contributed by atoms with Crippen molar-refractivity contribution in [3.8, 4) is 0 Å². The number of carboxylic acid groups (broad SMARTS) is 1. The number of hydrogen-bond donors (Lipinski definition) is 3. The first-order valence-electron chi connectivity index (χ1n) is 6.06. The average molecular weight is 310 g/mol. The summed E-state index contributed by atoms with van der Waals surface area (Å²) in [6, 6.07) is 0. The van der Waals surface area contributed by atoms with Gasteiger partial charge < -0.3 is 14.6 Å². The molecule has 1 aliphatic rings. The summed E-state index contributed by atoms with van der Waals surface area (Å²) in [4.78, 5) is 22.4. The zero-order chi connectivity index (χ0) is 15.2. The molecule has 20 heavy (non-hydrogen) atoms. The van der Waals surface area contributed by atoms with Crippen LogP contribution < -0.4 is 9.44 Å². The van der Waals surface area contributed by atoms with E-state index in [1.807, 2.05) is 0 Å². The number of amides is 1. The second kappa shape index (κ2) is 6.86. The molecule has 1 aliphatic heterocycles. The van der Waals surface area contributed by atoms with Crippen LogP contribution in [0.25, 0.3) is 0 Å². The van der Waals surface area contributed by atoms with E-state index in [4.69, 9.17) is 4.74 Å². The molecule has 0 saturated carbocycles. The van der Waals surface area contributed by atoms with Crippen LogP contribution in [-0.4, -0.2) is 52.0 Å². The van der Waals surface area contributed by atoms with E-state index in [1.54, 1.807) is 4.72 Å². The van der Waals surface area contributed by atoms with Crippen molar-refractivity contribution in [3.63, 3.8) is 0 Å². The molecule has 0 aromatic rings. The number of nitrogens with one attached hydrogen (secondary N) is 2. The van der Waals surface area contributed by atoms with Gasteiger partial charge in [-0.15, -0.1) is 0 Å². The number of hydrogen-bond acceptors (Lipinski definition) is 6. The molecule has 0 atom stereocenters. The van der Waals surface area contributed by atoms with Gasteiger partial charge in [0.2, 0.25) is 0 Å². The van der Waals surface area contributed by atoms with Gasteiger partial charge in [0, 0.05) is 19.8 Å². The summed E-state index contributed by atoms with van der Waals surface area (Å²) in [6.45, 7) is 1.73. The number of carbonyl (C=O) groups is 2. The first-order chi connectivity index (χ1) is 9.31. The second-order valence-corrected chi connectivity index (χ2v) is 5.84. The van der Waals surface area contributed by atoms with Crippen LogP contribution in [0.2, 0.25) is 0 Å². The Morgan fingerprint density at radius 1 is 1.35 bits per heavy atom. The Hall–Kier alpha value is -1.39.